The predicted octanol–water partition coefficient (Wildman–Crippen LogP) is -1.81. The monoisotopic (exact) mass is 272 g/mol. The molecule has 1 aromatic heterocycles. The molecule has 1 saturated heterocycles. The number of aliphatic hydroxyl groups is 2. The first-order valence-electron chi connectivity index (χ1n) is 5.95. The molecule has 1 aliphatic rings. The second kappa shape index (κ2) is 5.66. The zero-order valence-corrected chi connectivity index (χ0v) is 10.4. The van der Waals surface area contributed by atoms with E-state index in [-0.39, 0.29) is 6.61 Å². The van der Waals surface area contributed by atoms with Gasteiger partial charge in [-0.1, -0.05) is 0 Å². The predicted molar refractivity (Wildman–Crippen MR) is 63.7 cm³/mol. The molecule has 19 heavy (non-hydrogen) atoms. The van der Waals surface area contributed by atoms with Gasteiger partial charge < -0.3 is 19.7 Å². The van der Waals surface area contributed by atoms with Crippen LogP contribution in [0.5, 0.6) is 0 Å². The maximum atomic E-state index is 11.6. The first kappa shape index (κ1) is 13.9. The van der Waals surface area contributed by atoms with E-state index in [0.29, 0.717) is 6.61 Å². The molecule has 2 heterocycles. The summed E-state index contributed by atoms with van der Waals surface area (Å²) in [5.74, 6) is 0. The molecule has 0 bridgehead atoms. The van der Waals surface area contributed by atoms with E-state index in [1.54, 1.807) is 6.92 Å². The van der Waals surface area contributed by atoms with E-state index in [1.807, 2.05) is 0 Å². The second-order valence-electron chi connectivity index (χ2n) is 4.22. The van der Waals surface area contributed by atoms with Crippen molar-refractivity contribution in [3.05, 3.63) is 33.1 Å². The van der Waals surface area contributed by atoms with Crippen LogP contribution >= 0.6 is 0 Å². The van der Waals surface area contributed by atoms with Crippen LogP contribution in [0.1, 0.15) is 13.2 Å². The molecule has 0 aliphatic carbocycles. The van der Waals surface area contributed by atoms with Crippen LogP contribution in [0.25, 0.3) is 0 Å². The van der Waals surface area contributed by atoms with Crippen LogP contribution in [-0.2, 0) is 9.47 Å². The Bertz CT molecular complexity index is 538. The van der Waals surface area contributed by atoms with Crippen LogP contribution < -0.4 is 11.2 Å². The third-order valence-electron chi connectivity index (χ3n) is 2.95. The number of nitrogens with one attached hydrogen (secondary N) is 1. The molecule has 0 amide bonds. The molecular formula is C11H16N2O6. The van der Waals surface area contributed by atoms with Gasteiger partial charge in [0, 0.05) is 18.9 Å². The highest BCUT2D eigenvalue weighted by Gasteiger charge is 2.44. The fourth-order valence-corrected chi connectivity index (χ4v) is 1.96. The minimum absolute atomic E-state index is 0.114. The number of hydrogen-bond donors (Lipinski definition) is 3. The third-order valence-corrected chi connectivity index (χ3v) is 2.95. The van der Waals surface area contributed by atoms with Gasteiger partial charge in [0.25, 0.3) is 5.56 Å². The van der Waals surface area contributed by atoms with Crippen LogP contribution in [0.2, 0.25) is 0 Å². The van der Waals surface area contributed by atoms with E-state index in [1.165, 1.54) is 6.20 Å². The van der Waals surface area contributed by atoms with Crippen molar-refractivity contribution in [3.63, 3.8) is 0 Å². The van der Waals surface area contributed by atoms with Crippen LogP contribution in [0.15, 0.2) is 21.9 Å². The van der Waals surface area contributed by atoms with E-state index in [0.717, 1.165) is 10.6 Å². The van der Waals surface area contributed by atoms with Crippen LogP contribution in [-0.4, -0.2) is 51.3 Å². The van der Waals surface area contributed by atoms with Crippen molar-refractivity contribution in [2.75, 3.05) is 13.2 Å². The van der Waals surface area contributed by atoms with Gasteiger partial charge >= 0.3 is 5.69 Å². The summed E-state index contributed by atoms with van der Waals surface area (Å²) >= 11 is 0. The Morgan fingerprint density at radius 3 is 2.79 bits per heavy atom. The Hall–Kier alpha value is -1.48. The number of H-pyrrole nitrogens is 1. The van der Waals surface area contributed by atoms with Crippen molar-refractivity contribution in [2.24, 2.45) is 0 Å². The molecule has 1 aliphatic heterocycles. The number of nitrogens with zero attached hydrogens (tertiary/aromatic N) is 1. The summed E-state index contributed by atoms with van der Waals surface area (Å²) in [7, 11) is 0. The molecule has 8 nitrogen and oxygen atoms in total. The first-order chi connectivity index (χ1) is 9.04. The van der Waals surface area contributed by atoms with Gasteiger partial charge in [0.15, 0.2) is 6.23 Å². The maximum Gasteiger partial charge on any atom is 0.330 e. The quantitative estimate of drug-likeness (QED) is 0.595. The number of aromatic nitrogens is 2. The lowest BCUT2D eigenvalue weighted by molar-refractivity contribution is -0.0669. The van der Waals surface area contributed by atoms with E-state index in [4.69, 9.17) is 9.47 Å². The van der Waals surface area contributed by atoms with E-state index >= 15 is 0 Å². The van der Waals surface area contributed by atoms with Gasteiger partial charge in [0.1, 0.15) is 18.3 Å². The Labute approximate surface area is 108 Å². The van der Waals surface area contributed by atoms with Gasteiger partial charge in [0.05, 0.1) is 6.61 Å². The zero-order chi connectivity index (χ0) is 14.0. The minimum Gasteiger partial charge on any atom is -0.387 e. The highest BCUT2D eigenvalue weighted by Crippen LogP contribution is 2.28. The molecule has 3 N–H and O–H groups in total. The van der Waals surface area contributed by atoms with E-state index in [2.05, 4.69) is 4.98 Å². The number of rotatable bonds is 4. The van der Waals surface area contributed by atoms with E-state index < -0.39 is 35.8 Å². The number of hydrogen-bond acceptors (Lipinski definition) is 6. The average Bonchev–Trinajstić information content (AvgIpc) is 2.64. The summed E-state index contributed by atoms with van der Waals surface area (Å²) in [5.41, 5.74) is -1.25. The van der Waals surface area contributed by atoms with Crippen molar-refractivity contribution in [1.29, 1.82) is 0 Å². The van der Waals surface area contributed by atoms with Gasteiger partial charge in [0.2, 0.25) is 0 Å². The fraction of sp³-hybridized carbons (Fsp3) is 0.636. The summed E-state index contributed by atoms with van der Waals surface area (Å²) in [6.07, 6.45) is -2.99. The standard InChI is InChI=1S/C11H16N2O6/c1-2-18-5-6-8(15)9(16)10(19-6)13-4-3-7(14)12-11(13)17/h3-4,6,8-10,15-16H,2,5H2,1H3,(H,12,14,17). The Balaban J connectivity index is 2.21. The largest absolute Gasteiger partial charge is 0.387 e. The zero-order valence-electron chi connectivity index (χ0n) is 10.4. The van der Waals surface area contributed by atoms with Crippen LogP contribution in [0.3, 0.4) is 0 Å². The number of aromatic amines is 1. The normalized spacial score (nSPS) is 30.7. The SMILES string of the molecule is CCOCC1OC(n2ccc(=O)[nH]c2=O)C(O)C1O. The smallest absolute Gasteiger partial charge is 0.330 e. The molecule has 0 saturated carbocycles. The molecular weight excluding hydrogens is 256 g/mol. The van der Waals surface area contributed by atoms with Crippen molar-refractivity contribution < 1.29 is 19.7 Å². The summed E-state index contributed by atoms with van der Waals surface area (Å²) in [6, 6.07) is 1.14. The Kier molecular flexibility index (Phi) is 4.15. The Morgan fingerprint density at radius 1 is 1.42 bits per heavy atom. The third kappa shape index (κ3) is 2.76. The Morgan fingerprint density at radius 2 is 2.16 bits per heavy atom. The molecule has 0 radical (unpaired) electrons. The lowest BCUT2D eigenvalue weighted by atomic mass is 10.1. The molecule has 4 atom stereocenters. The molecule has 0 spiro atoms. The molecule has 1 fully saturated rings. The summed E-state index contributed by atoms with van der Waals surface area (Å²) in [5, 5.41) is 19.7. The van der Waals surface area contributed by atoms with Gasteiger partial charge in [-0.3, -0.25) is 14.3 Å². The van der Waals surface area contributed by atoms with Gasteiger partial charge in [-0.05, 0) is 6.92 Å². The molecule has 4 unspecified atom stereocenters. The summed E-state index contributed by atoms with van der Waals surface area (Å²) < 4.78 is 11.6. The molecule has 1 aromatic rings. The van der Waals surface area contributed by atoms with Crippen LogP contribution in [0, 0.1) is 0 Å². The fourth-order valence-electron chi connectivity index (χ4n) is 1.96. The van der Waals surface area contributed by atoms with Gasteiger partial charge in [-0.2, -0.15) is 0 Å². The van der Waals surface area contributed by atoms with Gasteiger partial charge in [-0.25, -0.2) is 4.79 Å². The molecule has 0 aromatic carbocycles. The molecule has 2 rings (SSSR count). The number of ether oxygens (including phenoxy) is 2. The number of aliphatic hydroxyl groups excluding tert-OH is 2. The topological polar surface area (TPSA) is 114 Å². The lowest BCUT2D eigenvalue weighted by Crippen LogP contribution is -2.37. The maximum absolute atomic E-state index is 11.6. The highest BCUT2D eigenvalue weighted by atomic mass is 16.6. The highest BCUT2D eigenvalue weighted by molar-refractivity contribution is 4.93. The van der Waals surface area contributed by atoms with Gasteiger partial charge in [-0.15, -0.1) is 0 Å². The van der Waals surface area contributed by atoms with Crippen molar-refractivity contribution >= 4 is 0 Å². The van der Waals surface area contributed by atoms with Crippen molar-refractivity contribution in [1.82, 2.24) is 9.55 Å². The second-order valence-corrected chi connectivity index (χ2v) is 4.22. The molecule has 106 valence electrons. The summed E-state index contributed by atoms with van der Waals surface area (Å²) in [4.78, 5) is 24.6. The lowest BCUT2D eigenvalue weighted by Gasteiger charge is -2.16. The van der Waals surface area contributed by atoms with Crippen molar-refractivity contribution in [3.8, 4) is 0 Å². The summed E-state index contributed by atoms with van der Waals surface area (Å²) in [6.45, 7) is 2.36. The van der Waals surface area contributed by atoms with Crippen molar-refractivity contribution in [2.45, 2.75) is 31.5 Å². The first-order valence-corrected chi connectivity index (χ1v) is 5.95. The average molecular weight is 272 g/mol. The molecule has 8 heteroatoms. The van der Waals surface area contributed by atoms with E-state index in [9.17, 15) is 19.8 Å². The van der Waals surface area contributed by atoms with Crippen LogP contribution in [0.4, 0.5) is 0 Å². The minimum atomic E-state index is -1.27.